The summed E-state index contributed by atoms with van der Waals surface area (Å²) in [4.78, 5) is 3.14. The van der Waals surface area contributed by atoms with Crippen LogP contribution >= 0.6 is 0 Å². The number of nitrogens with two attached hydrogens (primary N) is 1. The zero-order valence-corrected chi connectivity index (χ0v) is 19.6. The summed E-state index contributed by atoms with van der Waals surface area (Å²) >= 11 is 2.89. The molecule has 0 aliphatic carbocycles. The maximum atomic E-state index is 13.4. The second-order valence-electron chi connectivity index (χ2n) is 6.78. The van der Waals surface area contributed by atoms with Gasteiger partial charge in [0.05, 0.1) is 34.3 Å². The molecular formula is C21H16F3N6O3S2+. The van der Waals surface area contributed by atoms with Gasteiger partial charge >= 0.3 is 11.3 Å². The predicted molar refractivity (Wildman–Crippen MR) is 126 cm³/mol. The second kappa shape index (κ2) is 10.1. The van der Waals surface area contributed by atoms with E-state index in [-0.39, 0.29) is 32.7 Å². The van der Waals surface area contributed by atoms with Gasteiger partial charge in [0.2, 0.25) is 0 Å². The molecule has 0 saturated heterocycles. The molecule has 0 fully saturated rings. The number of sulfonamides is 1. The van der Waals surface area contributed by atoms with E-state index < -0.39 is 21.8 Å². The quantitative estimate of drug-likeness (QED) is 0.308. The lowest BCUT2D eigenvalue weighted by molar-refractivity contribution is -0.137. The molecule has 0 amide bonds. The molecule has 0 aliphatic rings. The first-order chi connectivity index (χ1) is 16.5. The van der Waals surface area contributed by atoms with Crippen molar-refractivity contribution < 1.29 is 26.3 Å². The van der Waals surface area contributed by atoms with Crippen molar-refractivity contribution in [3.8, 4) is 28.7 Å². The molecule has 14 heteroatoms. The Balaban J connectivity index is 2.10. The molecular weight excluding hydrogens is 505 g/mol. The summed E-state index contributed by atoms with van der Waals surface area (Å²) < 4.78 is 74.2. The van der Waals surface area contributed by atoms with Crippen LogP contribution in [0, 0.1) is 18.3 Å². The van der Waals surface area contributed by atoms with E-state index in [4.69, 9.17) is 10.5 Å². The SMILES string of the molecule is Cc1nnccc1-c1cc(C(F)(F)F)ccc1Oc1ccc(S(=O)(=O)N=C([SH2+])N=CN)cc1C#N. The van der Waals surface area contributed by atoms with Crippen LogP contribution in [0.4, 0.5) is 13.2 Å². The zero-order valence-electron chi connectivity index (χ0n) is 17.8. The van der Waals surface area contributed by atoms with Crippen LogP contribution in [0.5, 0.6) is 11.5 Å². The van der Waals surface area contributed by atoms with Crippen molar-refractivity contribution in [3.63, 3.8) is 0 Å². The van der Waals surface area contributed by atoms with E-state index in [1.807, 2.05) is 6.07 Å². The molecule has 3 rings (SSSR count). The highest BCUT2D eigenvalue weighted by Crippen LogP contribution is 2.40. The van der Waals surface area contributed by atoms with Crippen LogP contribution in [-0.2, 0) is 28.8 Å². The number of ether oxygens (including phenoxy) is 1. The molecule has 0 saturated carbocycles. The van der Waals surface area contributed by atoms with Crippen LogP contribution in [0.2, 0.25) is 0 Å². The number of nitriles is 1. The highest BCUT2D eigenvalue weighted by Gasteiger charge is 2.32. The van der Waals surface area contributed by atoms with Gasteiger partial charge < -0.3 is 10.5 Å². The molecule has 0 radical (unpaired) electrons. The van der Waals surface area contributed by atoms with Crippen LogP contribution in [0.1, 0.15) is 16.8 Å². The average Bonchev–Trinajstić information content (AvgIpc) is 2.79. The summed E-state index contributed by atoms with van der Waals surface area (Å²) in [6.45, 7) is 1.57. The number of rotatable bonds is 5. The van der Waals surface area contributed by atoms with Crippen LogP contribution < -0.4 is 10.5 Å². The number of hydrogen-bond donors (Lipinski definition) is 1. The lowest BCUT2D eigenvalue weighted by Crippen LogP contribution is -2.06. The first kappa shape index (κ1) is 25.7. The second-order valence-corrected chi connectivity index (χ2v) is 8.83. The molecule has 1 heterocycles. The van der Waals surface area contributed by atoms with Crippen molar-refractivity contribution in [3.05, 3.63) is 65.5 Å². The Kier molecular flexibility index (Phi) is 7.42. The Morgan fingerprint density at radius 1 is 1.17 bits per heavy atom. The van der Waals surface area contributed by atoms with Crippen molar-refractivity contribution in [1.82, 2.24) is 10.2 Å². The maximum absolute atomic E-state index is 13.4. The minimum Gasteiger partial charge on any atom is -0.455 e. The van der Waals surface area contributed by atoms with Gasteiger partial charge in [0.1, 0.15) is 17.6 Å². The fraction of sp³-hybridized carbons (Fsp3) is 0.0952. The number of aliphatic imine (C=N–C) groups is 1. The van der Waals surface area contributed by atoms with Gasteiger partial charge in [-0.2, -0.15) is 42.0 Å². The van der Waals surface area contributed by atoms with Gasteiger partial charge in [-0.25, -0.2) is 0 Å². The molecule has 1 aromatic heterocycles. The van der Waals surface area contributed by atoms with E-state index in [1.54, 1.807) is 6.92 Å². The normalized spacial score (nSPS) is 12.5. The topological polar surface area (TPSA) is 144 Å². The Hall–Kier alpha value is -3.96. The standard InChI is InChI=1S/C21H15F3N6O3S2/c1-12-16(6-7-28-29-12)17-9-14(21(22,23)24)2-4-19(17)33-18-5-3-15(8-13(18)10-25)35(31,32)30-20(34)27-11-26/h2-9,11H,1H3,(H3,26,27,30,34)/p+1. The molecule has 9 nitrogen and oxygen atoms in total. The molecule has 2 aromatic carbocycles. The third-order valence-electron chi connectivity index (χ3n) is 4.50. The van der Waals surface area contributed by atoms with Crippen molar-refractivity contribution in [2.45, 2.75) is 18.0 Å². The number of nitrogens with zero attached hydrogens (tertiary/aromatic N) is 5. The fourth-order valence-corrected chi connectivity index (χ4v) is 4.24. The third-order valence-corrected chi connectivity index (χ3v) is 6.16. The molecule has 180 valence electrons. The van der Waals surface area contributed by atoms with Gasteiger partial charge in [-0.05, 0) is 49.4 Å². The predicted octanol–water partition coefficient (Wildman–Crippen LogP) is 3.18. The van der Waals surface area contributed by atoms with Gasteiger partial charge in [-0.3, -0.25) is 0 Å². The van der Waals surface area contributed by atoms with Crippen LogP contribution in [-0.4, -0.2) is 30.1 Å². The summed E-state index contributed by atoms with van der Waals surface area (Å²) in [5.74, 6) is -0.103. The van der Waals surface area contributed by atoms with Gasteiger partial charge in [-0.15, -0.1) is 0 Å². The molecule has 0 bridgehead atoms. The van der Waals surface area contributed by atoms with Crippen LogP contribution in [0.15, 0.2) is 62.9 Å². The van der Waals surface area contributed by atoms with Gasteiger partial charge in [0.25, 0.3) is 10.0 Å². The summed E-state index contributed by atoms with van der Waals surface area (Å²) in [7, 11) is -4.26. The van der Waals surface area contributed by atoms with E-state index in [0.717, 1.165) is 36.7 Å². The average molecular weight is 522 g/mol. The van der Waals surface area contributed by atoms with Gasteiger partial charge in [-0.1, -0.05) is 4.40 Å². The molecule has 0 unspecified atom stereocenters. The number of amidine groups is 1. The zero-order chi connectivity index (χ0) is 25.8. The van der Waals surface area contributed by atoms with Crippen LogP contribution in [0.25, 0.3) is 11.1 Å². The summed E-state index contributed by atoms with van der Waals surface area (Å²) in [5.41, 5.74) is 4.72. The molecule has 3 aromatic rings. The van der Waals surface area contributed by atoms with E-state index in [9.17, 15) is 26.9 Å². The van der Waals surface area contributed by atoms with E-state index in [1.165, 1.54) is 18.3 Å². The van der Waals surface area contributed by atoms with Crippen LogP contribution in [0.3, 0.4) is 0 Å². The van der Waals surface area contributed by atoms with Crippen molar-refractivity contribution >= 4 is 34.2 Å². The Morgan fingerprint density at radius 3 is 2.51 bits per heavy atom. The first-order valence-corrected chi connectivity index (χ1v) is 11.4. The van der Waals surface area contributed by atoms with E-state index >= 15 is 0 Å². The minimum atomic E-state index is -4.61. The monoisotopic (exact) mass is 521 g/mol. The third kappa shape index (κ3) is 5.94. The molecule has 35 heavy (non-hydrogen) atoms. The lowest BCUT2D eigenvalue weighted by Gasteiger charge is -2.16. The van der Waals surface area contributed by atoms with E-state index in [0.29, 0.717) is 11.3 Å². The fourth-order valence-electron chi connectivity index (χ4n) is 2.92. The Labute approximate surface area is 203 Å². The molecule has 0 spiro atoms. The first-order valence-electron chi connectivity index (χ1n) is 9.49. The maximum Gasteiger partial charge on any atom is 0.416 e. The van der Waals surface area contributed by atoms with Crippen molar-refractivity contribution in [2.75, 3.05) is 0 Å². The number of aryl methyl sites for hydroxylation is 1. The highest BCUT2D eigenvalue weighted by atomic mass is 32.2. The van der Waals surface area contributed by atoms with E-state index in [2.05, 4.69) is 32.2 Å². The number of hydrogen-bond acceptors (Lipinski definition) is 6. The summed E-state index contributed by atoms with van der Waals surface area (Å²) in [5, 5.41) is 16.8. The van der Waals surface area contributed by atoms with Crippen molar-refractivity contribution in [1.29, 1.82) is 5.26 Å². The molecule has 2 N–H and O–H groups in total. The minimum absolute atomic E-state index is 0.0149. The Bertz CT molecular complexity index is 1480. The number of benzene rings is 2. The number of halogens is 3. The Morgan fingerprint density at radius 2 is 1.89 bits per heavy atom. The molecule has 0 aliphatic heterocycles. The number of aromatic nitrogens is 2. The smallest absolute Gasteiger partial charge is 0.416 e. The summed E-state index contributed by atoms with van der Waals surface area (Å²) in [6, 6.07) is 9.46. The molecule has 0 atom stereocenters. The van der Waals surface area contributed by atoms with Gasteiger partial charge in [0.15, 0.2) is 0 Å². The largest absolute Gasteiger partial charge is 0.455 e. The van der Waals surface area contributed by atoms with Crippen molar-refractivity contribution in [2.24, 2.45) is 15.1 Å². The number of alkyl halides is 3. The van der Waals surface area contributed by atoms with Gasteiger partial charge in [0, 0.05) is 23.8 Å². The summed E-state index contributed by atoms with van der Waals surface area (Å²) in [6.07, 6.45) is -2.46. The highest BCUT2D eigenvalue weighted by molar-refractivity contribution is 7.91. The lowest BCUT2D eigenvalue weighted by atomic mass is 10.0.